The first-order chi connectivity index (χ1) is 15.8. The number of nitrogens with zero attached hydrogens (tertiary/aromatic N) is 2. The van der Waals surface area contributed by atoms with Gasteiger partial charge < -0.3 is 15.1 Å². The number of carbonyl (C=O) groups is 2. The Bertz CT molecular complexity index is 1010. The summed E-state index contributed by atoms with van der Waals surface area (Å²) in [5.74, 6) is -0.0114. The predicted molar refractivity (Wildman–Crippen MR) is 141 cm³/mol. The summed E-state index contributed by atoms with van der Waals surface area (Å²) in [4.78, 5) is 30.2. The fourth-order valence-electron chi connectivity index (χ4n) is 4.90. The van der Waals surface area contributed by atoms with E-state index >= 15 is 0 Å². The van der Waals surface area contributed by atoms with E-state index in [1.807, 2.05) is 24.1 Å². The number of carbonyl (C=O) groups excluding carboxylic acids is 2. The van der Waals surface area contributed by atoms with Gasteiger partial charge in [0.1, 0.15) is 0 Å². The van der Waals surface area contributed by atoms with Crippen molar-refractivity contribution in [1.82, 2.24) is 15.1 Å². The van der Waals surface area contributed by atoms with Crippen LogP contribution in [0, 0.1) is 0 Å². The van der Waals surface area contributed by atoms with Gasteiger partial charge in [-0.3, -0.25) is 9.59 Å². The molecule has 2 amide bonds. The molecule has 3 atom stereocenters. The van der Waals surface area contributed by atoms with Crippen LogP contribution in [0.25, 0.3) is 0 Å². The van der Waals surface area contributed by atoms with Crippen LogP contribution in [-0.4, -0.2) is 60.4 Å². The summed E-state index contributed by atoms with van der Waals surface area (Å²) >= 11 is 18.5. The number of likely N-dealkylation sites (N-methyl/N-ethyl adjacent to an activating group) is 1. The Labute approximate surface area is 222 Å². The maximum Gasteiger partial charge on any atom is 0.253 e. The van der Waals surface area contributed by atoms with Crippen LogP contribution in [0.1, 0.15) is 47.5 Å². The van der Waals surface area contributed by atoms with E-state index in [0.717, 1.165) is 31.4 Å². The second-order valence-corrected chi connectivity index (χ2v) is 10.1. The highest BCUT2D eigenvalue weighted by atomic mass is 35.5. The van der Waals surface area contributed by atoms with Crippen molar-refractivity contribution in [3.63, 3.8) is 0 Å². The van der Waals surface area contributed by atoms with Crippen LogP contribution in [0.3, 0.4) is 0 Å². The Kier molecular flexibility index (Phi) is 9.53. The van der Waals surface area contributed by atoms with Crippen LogP contribution in [0.15, 0.2) is 42.5 Å². The fraction of sp³-hybridized carbons (Fsp3) is 0.440. The van der Waals surface area contributed by atoms with Gasteiger partial charge in [0.25, 0.3) is 5.91 Å². The van der Waals surface area contributed by atoms with Crippen molar-refractivity contribution in [2.75, 3.05) is 26.7 Å². The maximum absolute atomic E-state index is 13.3. The van der Waals surface area contributed by atoms with Gasteiger partial charge in [-0.1, -0.05) is 47.3 Å². The van der Waals surface area contributed by atoms with Gasteiger partial charge in [-0.15, -0.1) is 12.4 Å². The molecule has 0 saturated carbocycles. The Morgan fingerprint density at radius 1 is 1.00 bits per heavy atom. The number of halogens is 4. The van der Waals surface area contributed by atoms with Gasteiger partial charge >= 0.3 is 0 Å². The highest BCUT2D eigenvalue weighted by Crippen LogP contribution is 2.35. The van der Waals surface area contributed by atoms with Gasteiger partial charge in [-0.2, -0.15) is 0 Å². The zero-order chi connectivity index (χ0) is 23.5. The van der Waals surface area contributed by atoms with E-state index in [0.29, 0.717) is 40.1 Å². The second-order valence-electron chi connectivity index (χ2n) is 8.85. The van der Waals surface area contributed by atoms with Crippen LogP contribution < -0.4 is 5.32 Å². The quantitative estimate of drug-likeness (QED) is 0.539. The predicted octanol–water partition coefficient (Wildman–Crippen LogP) is 5.67. The van der Waals surface area contributed by atoms with E-state index in [4.69, 9.17) is 34.8 Å². The van der Waals surface area contributed by atoms with Crippen molar-refractivity contribution in [2.24, 2.45) is 0 Å². The van der Waals surface area contributed by atoms with Crippen molar-refractivity contribution >= 4 is 59.0 Å². The monoisotopic (exact) mass is 543 g/mol. The van der Waals surface area contributed by atoms with Gasteiger partial charge in [-0.05, 0) is 67.8 Å². The summed E-state index contributed by atoms with van der Waals surface area (Å²) in [7, 11) is 1.83. The molecular formula is C25H29Cl4N3O2. The molecule has 2 aliphatic rings. The van der Waals surface area contributed by atoms with Gasteiger partial charge in [0, 0.05) is 42.7 Å². The number of piperidine rings is 2. The first-order valence-electron chi connectivity index (χ1n) is 11.3. The highest BCUT2D eigenvalue weighted by molar-refractivity contribution is 6.42. The average Bonchev–Trinajstić information content (AvgIpc) is 2.85. The van der Waals surface area contributed by atoms with Gasteiger partial charge in [-0.25, -0.2) is 0 Å². The maximum atomic E-state index is 13.3. The number of amides is 2. The summed E-state index contributed by atoms with van der Waals surface area (Å²) in [6, 6.07) is 12.3. The van der Waals surface area contributed by atoms with Crippen LogP contribution in [0.5, 0.6) is 0 Å². The minimum absolute atomic E-state index is 0. The van der Waals surface area contributed by atoms with E-state index in [-0.39, 0.29) is 42.2 Å². The van der Waals surface area contributed by atoms with Crippen LogP contribution >= 0.6 is 47.2 Å². The van der Waals surface area contributed by atoms with E-state index in [1.165, 1.54) is 0 Å². The highest BCUT2D eigenvalue weighted by Gasteiger charge is 2.38. The molecule has 0 bridgehead atoms. The van der Waals surface area contributed by atoms with Crippen LogP contribution in [-0.2, 0) is 4.79 Å². The molecule has 2 aliphatic heterocycles. The van der Waals surface area contributed by atoms with E-state index in [1.54, 1.807) is 35.2 Å². The molecule has 0 aromatic heterocycles. The van der Waals surface area contributed by atoms with Gasteiger partial charge in [0.05, 0.1) is 16.1 Å². The molecule has 34 heavy (non-hydrogen) atoms. The lowest BCUT2D eigenvalue weighted by Gasteiger charge is -2.44. The second kappa shape index (κ2) is 12.0. The van der Waals surface area contributed by atoms with Crippen LogP contribution in [0.4, 0.5) is 0 Å². The average molecular weight is 545 g/mol. The van der Waals surface area contributed by atoms with Crippen molar-refractivity contribution in [3.05, 3.63) is 68.7 Å². The summed E-state index contributed by atoms with van der Waals surface area (Å²) < 4.78 is 0. The molecule has 4 rings (SSSR count). The number of rotatable bonds is 4. The smallest absolute Gasteiger partial charge is 0.253 e. The minimum Gasteiger partial charge on any atom is -0.341 e. The molecule has 2 fully saturated rings. The Morgan fingerprint density at radius 3 is 2.38 bits per heavy atom. The van der Waals surface area contributed by atoms with E-state index < -0.39 is 0 Å². The molecule has 0 aliphatic carbocycles. The van der Waals surface area contributed by atoms with Crippen molar-refractivity contribution in [1.29, 1.82) is 0 Å². The molecule has 1 N–H and O–H groups in total. The molecule has 2 heterocycles. The standard InChI is InChI=1S/C25H28Cl3N3O2.ClH/c1-30(24(32)16-5-8-18(26)9-6-16)23-11-13-31(25(33)22-4-2-3-12-29-22)15-19(23)17-7-10-20(27)21(28)14-17;/h5-10,14,19,22-23,29H,2-4,11-13,15H2,1H3;1H/t19-,22+,23+;/m0./s1. The summed E-state index contributed by atoms with van der Waals surface area (Å²) in [6.45, 7) is 2.01. The minimum atomic E-state index is -0.127. The number of likely N-dealkylation sites (tertiary alicyclic amines) is 1. The zero-order valence-corrected chi connectivity index (χ0v) is 22.1. The van der Waals surface area contributed by atoms with Crippen molar-refractivity contribution in [2.45, 2.75) is 43.7 Å². The fourth-order valence-corrected chi connectivity index (χ4v) is 5.34. The van der Waals surface area contributed by atoms with Crippen molar-refractivity contribution in [3.8, 4) is 0 Å². The molecule has 9 heteroatoms. The summed E-state index contributed by atoms with van der Waals surface area (Å²) in [6.07, 6.45) is 3.72. The molecular weight excluding hydrogens is 516 g/mol. The molecule has 0 spiro atoms. The normalized spacial score (nSPS) is 22.6. The largest absolute Gasteiger partial charge is 0.341 e. The van der Waals surface area contributed by atoms with E-state index in [9.17, 15) is 9.59 Å². The Morgan fingerprint density at radius 2 is 1.74 bits per heavy atom. The first kappa shape index (κ1) is 27.1. The van der Waals surface area contributed by atoms with Gasteiger partial charge in [0.15, 0.2) is 0 Å². The van der Waals surface area contributed by atoms with Crippen molar-refractivity contribution < 1.29 is 9.59 Å². The summed E-state index contributed by atoms with van der Waals surface area (Å²) in [5.41, 5.74) is 1.55. The Balaban J connectivity index is 0.00000324. The Hall–Kier alpha value is -1.50. The molecule has 184 valence electrons. The van der Waals surface area contributed by atoms with E-state index in [2.05, 4.69) is 5.32 Å². The zero-order valence-electron chi connectivity index (χ0n) is 19.0. The molecule has 5 nitrogen and oxygen atoms in total. The molecule has 2 saturated heterocycles. The molecule has 2 aromatic carbocycles. The molecule has 2 aromatic rings. The topological polar surface area (TPSA) is 52.7 Å². The number of hydrogen-bond donors (Lipinski definition) is 1. The number of benzene rings is 2. The third-order valence-corrected chi connectivity index (χ3v) is 7.77. The lowest BCUT2D eigenvalue weighted by molar-refractivity contribution is -0.135. The third-order valence-electron chi connectivity index (χ3n) is 6.78. The number of hydrogen-bond acceptors (Lipinski definition) is 3. The molecule has 0 radical (unpaired) electrons. The third kappa shape index (κ3) is 6.00. The van der Waals surface area contributed by atoms with Crippen LogP contribution in [0.2, 0.25) is 15.1 Å². The number of nitrogens with one attached hydrogen (secondary N) is 1. The first-order valence-corrected chi connectivity index (χ1v) is 12.5. The van der Waals surface area contributed by atoms with Gasteiger partial charge in [0.2, 0.25) is 5.91 Å². The molecule has 0 unspecified atom stereocenters. The lowest BCUT2D eigenvalue weighted by Crippen LogP contribution is -2.56. The lowest BCUT2D eigenvalue weighted by atomic mass is 9.84. The summed E-state index contributed by atoms with van der Waals surface area (Å²) in [5, 5.41) is 4.90. The SMILES string of the molecule is CN(C(=O)c1ccc(Cl)cc1)[C@@H]1CCN(C(=O)[C@H]2CCCCN2)C[C@H]1c1ccc(Cl)c(Cl)c1.Cl.